The molecule has 2 aliphatic carbocycles. The third kappa shape index (κ3) is 2.19. The lowest BCUT2D eigenvalue weighted by Crippen LogP contribution is -2.53. The molecule has 1 N–H and O–H groups in total. The summed E-state index contributed by atoms with van der Waals surface area (Å²) in [5, 5.41) is 9.19. The Bertz CT molecular complexity index is 627. The van der Waals surface area contributed by atoms with Crippen molar-refractivity contribution in [3.8, 4) is 0 Å². The van der Waals surface area contributed by atoms with Crippen LogP contribution in [0.2, 0.25) is 0 Å². The molecular weight excluding hydrogens is 290 g/mol. The minimum atomic E-state index is -0.662. The number of hydrogen-bond donors (Lipinski definition) is 1. The minimum Gasteiger partial charge on any atom is -0.481 e. The average molecular weight is 313 g/mol. The quantitative estimate of drug-likeness (QED) is 0.933. The van der Waals surface area contributed by atoms with Crippen LogP contribution < -0.4 is 0 Å². The van der Waals surface area contributed by atoms with E-state index in [4.69, 9.17) is 0 Å². The number of amides is 1. The van der Waals surface area contributed by atoms with Crippen molar-refractivity contribution in [2.24, 2.45) is 11.3 Å². The van der Waals surface area contributed by atoms with Crippen LogP contribution in [0, 0.1) is 11.3 Å². The first-order valence-electron chi connectivity index (χ1n) is 8.65. The van der Waals surface area contributed by atoms with Crippen LogP contribution in [0.25, 0.3) is 0 Å². The predicted octanol–water partition coefficient (Wildman–Crippen LogP) is 2.82. The molecule has 122 valence electrons. The molecule has 23 heavy (non-hydrogen) atoms. The molecule has 3 fully saturated rings. The van der Waals surface area contributed by atoms with Crippen LogP contribution in [0.15, 0.2) is 30.3 Å². The molecule has 1 unspecified atom stereocenters. The maximum Gasteiger partial charge on any atom is 0.307 e. The van der Waals surface area contributed by atoms with Gasteiger partial charge in [-0.3, -0.25) is 9.59 Å². The van der Waals surface area contributed by atoms with Gasteiger partial charge in [0.05, 0.1) is 11.3 Å². The molecule has 2 saturated carbocycles. The topological polar surface area (TPSA) is 57.6 Å². The second kappa shape index (κ2) is 5.08. The SMILES string of the molecule is O=C(O)C1CC12CCN(C(=O)C1(c3ccccc3)CCC1)CC2. The zero-order chi connectivity index (χ0) is 16.1. The van der Waals surface area contributed by atoms with Gasteiger partial charge in [0.2, 0.25) is 5.91 Å². The molecule has 0 aromatic heterocycles. The lowest BCUT2D eigenvalue weighted by Gasteiger charge is -2.45. The van der Waals surface area contributed by atoms with E-state index < -0.39 is 5.97 Å². The highest BCUT2D eigenvalue weighted by Gasteiger charge is 2.60. The monoisotopic (exact) mass is 313 g/mol. The number of aliphatic carboxylic acids is 1. The number of benzene rings is 1. The van der Waals surface area contributed by atoms with E-state index in [0.717, 1.165) is 57.2 Å². The smallest absolute Gasteiger partial charge is 0.307 e. The maximum atomic E-state index is 13.2. The summed E-state index contributed by atoms with van der Waals surface area (Å²) in [7, 11) is 0. The van der Waals surface area contributed by atoms with Gasteiger partial charge in [-0.2, -0.15) is 0 Å². The molecular formula is C19H23NO3. The van der Waals surface area contributed by atoms with Gasteiger partial charge in [0.25, 0.3) is 0 Å². The van der Waals surface area contributed by atoms with Crippen molar-refractivity contribution in [3.05, 3.63) is 35.9 Å². The van der Waals surface area contributed by atoms with Gasteiger partial charge in [0, 0.05) is 13.1 Å². The van der Waals surface area contributed by atoms with Gasteiger partial charge in [-0.1, -0.05) is 36.8 Å². The van der Waals surface area contributed by atoms with Crippen molar-refractivity contribution in [3.63, 3.8) is 0 Å². The lowest BCUT2D eigenvalue weighted by molar-refractivity contribution is -0.143. The molecule has 4 nitrogen and oxygen atoms in total. The number of carboxylic acid groups (broad SMARTS) is 1. The van der Waals surface area contributed by atoms with Crippen molar-refractivity contribution in [1.29, 1.82) is 0 Å². The Kier molecular flexibility index (Phi) is 3.26. The third-order valence-electron chi connectivity index (χ3n) is 6.48. The number of nitrogens with zero attached hydrogens (tertiary/aromatic N) is 1. The molecule has 0 bridgehead atoms. The van der Waals surface area contributed by atoms with Crippen LogP contribution in [0.4, 0.5) is 0 Å². The zero-order valence-corrected chi connectivity index (χ0v) is 13.3. The first-order valence-corrected chi connectivity index (χ1v) is 8.65. The summed E-state index contributed by atoms with van der Waals surface area (Å²) in [4.78, 5) is 26.3. The molecule has 0 radical (unpaired) electrons. The normalized spacial score (nSPS) is 27.3. The fraction of sp³-hybridized carbons (Fsp3) is 0.579. The number of carbonyl (C=O) groups excluding carboxylic acids is 1. The summed E-state index contributed by atoms with van der Waals surface area (Å²) >= 11 is 0. The highest BCUT2D eigenvalue weighted by Crippen LogP contribution is 2.59. The van der Waals surface area contributed by atoms with Gasteiger partial charge in [-0.15, -0.1) is 0 Å². The van der Waals surface area contributed by atoms with Gasteiger partial charge in [0.15, 0.2) is 0 Å². The summed E-state index contributed by atoms with van der Waals surface area (Å²) in [6, 6.07) is 10.2. The molecule has 4 rings (SSSR count). The van der Waals surface area contributed by atoms with E-state index in [9.17, 15) is 14.7 Å². The second-order valence-corrected chi connectivity index (χ2v) is 7.55. The molecule has 3 aliphatic rings. The highest BCUT2D eigenvalue weighted by atomic mass is 16.4. The van der Waals surface area contributed by atoms with Crippen LogP contribution in [0.3, 0.4) is 0 Å². The fourth-order valence-corrected chi connectivity index (χ4v) is 4.62. The largest absolute Gasteiger partial charge is 0.481 e. The van der Waals surface area contributed by atoms with Crippen molar-refractivity contribution in [2.75, 3.05) is 13.1 Å². The molecule has 1 aliphatic heterocycles. The Morgan fingerprint density at radius 3 is 2.17 bits per heavy atom. The van der Waals surface area contributed by atoms with Crippen LogP contribution in [0.5, 0.6) is 0 Å². The van der Waals surface area contributed by atoms with E-state index in [-0.39, 0.29) is 22.7 Å². The number of rotatable bonds is 3. The first-order chi connectivity index (χ1) is 11.1. The molecule has 1 spiro atoms. The Morgan fingerprint density at radius 1 is 1.04 bits per heavy atom. The van der Waals surface area contributed by atoms with Gasteiger partial charge in [-0.25, -0.2) is 0 Å². The number of piperidine rings is 1. The van der Waals surface area contributed by atoms with Gasteiger partial charge >= 0.3 is 5.97 Å². The Labute approximate surface area is 136 Å². The molecule has 1 aromatic rings. The van der Waals surface area contributed by atoms with E-state index in [1.165, 1.54) is 0 Å². The Hall–Kier alpha value is -1.84. The van der Waals surface area contributed by atoms with Crippen LogP contribution in [-0.2, 0) is 15.0 Å². The van der Waals surface area contributed by atoms with E-state index in [1.54, 1.807) is 0 Å². The molecule has 1 amide bonds. The van der Waals surface area contributed by atoms with E-state index in [0.29, 0.717) is 0 Å². The first kappa shape index (κ1) is 14.7. The molecule has 4 heteroatoms. The minimum absolute atomic E-state index is 0.0118. The van der Waals surface area contributed by atoms with Crippen molar-refractivity contribution in [2.45, 2.75) is 43.9 Å². The average Bonchev–Trinajstić information content (AvgIpc) is 3.22. The summed E-state index contributed by atoms with van der Waals surface area (Å²) < 4.78 is 0. The Balaban J connectivity index is 1.47. The summed E-state index contributed by atoms with van der Waals surface area (Å²) in [6.07, 6.45) is 5.49. The summed E-state index contributed by atoms with van der Waals surface area (Å²) in [5.74, 6) is -0.576. The maximum absolute atomic E-state index is 13.2. The highest BCUT2D eigenvalue weighted by molar-refractivity contribution is 5.89. The number of likely N-dealkylation sites (tertiary alicyclic amines) is 1. The number of carboxylic acids is 1. The van der Waals surface area contributed by atoms with Crippen molar-refractivity contribution >= 4 is 11.9 Å². The third-order valence-corrected chi connectivity index (χ3v) is 6.48. The van der Waals surface area contributed by atoms with Gasteiger partial charge in [-0.05, 0) is 43.1 Å². The zero-order valence-electron chi connectivity index (χ0n) is 13.3. The van der Waals surface area contributed by atoms with Gasteiger partial charge < -0.3 is 10.0 Å². The van der Waals surface area contributed by atoms with E-state index in [2.05, 4.69) is 12.1 Å². The number of carbonyl (C=O) groups is 2. The van der Waals surface area contributed by atoms with E-state index >= 15 is 0 Å². The van der Waals surface area contributed by atoms with Crippen molar-refractivity contribution < 1.29 is 14.7 Å². The second-order valence-electron chi connectivity index (χ2n) is 7.55. The molecule has 1 atom stereocenters. The van der Waals surface area contributed by atoms with E-state index in [1.807, 2.05) is 23.1 Å². The molecule has 1 saturated heterocycles. The fourth-order valence-electron chi connectivity index (χ4n) is 4.62. The van der Waals surface area contributed by atoms with Crippen LogP contribution in [0.1, 0.15) is 44.1 Å². The standard InChI is InChI=1S/C19H23NO3/c21-16(22)15-13-18(15)9-11-20(12-10-18)17(23)19(7-4-8-19)14-5-2-1-3-6-14/h1-3,5-6,15H,4,7-13H2,(H,21,22). The van der Waals surface area contributed by atoms with Gasteiger partial charge in [0.1, 0.15) is 0 Å². The summed E-state index contributed by atoms with van der Waals surface area (Å²) in [5.41, 5.74) is 0.815. The number of hydrogen-bond acceptors (Lipinski definition) is 2. The molecule has 1 heterocycles. The molecule has 1 aromatic carbocycles. The predicted molar refractivity (Wildman–Crippen MR) is 86.0 cm³/mol. The summed E-state index contributed by atoms with van der Waals surface area (Å²) in [6.45, 7) is 1.44. The lowest BCUT2D eigenvalue weighted by atomic mass is 9.63. The van der Waals surface area contributed by atoms with Crippen LogP contribution in [-0.4, -0.2) is 35.0 Å². The van der Waals surface area contributed by atoms with Crippen molar-refractivity contribution in [1.82, 2.24) is 4.90 Å². The van der Waals surface area contributed by atoms with Crippen LogP contribution >= 0.6 is 0 Å². The Morgan fingerprint density at radius 2 is 1.70 bits per heavy atom.